The highest BCUT2D eigenvalue weighted by Crippen LogP contribution is 2.39. The Hall–Kier alpha value is -3.21. The molecule has 1 aliphatic rings. The van der Waals surface area contributed by atoms with Crippen LogP contribution in [0.4, 0.5) is 15.7 Å². The second-order valence-corrected chi connectivity index (χ2v) is 11.8. The van der Waals surface area contributed by atoms with Gasteiger partial charge in [0.2, 0.25) is 0 Å². The molecule has 10 heteroatoms. The van der Waals surface area contributed by atoms with Gasteiger partial charge in [-0.15, -0.1) is 11.8 Å². The van der Waals surface area contributed by atoms with Crippen molar-refractivity contribution in [1.82, 2.24) is 15.0 Å². The summed E-state index contributed by atoms with van der Waals surface area (Å²) in [6.07, 6.45) is 7.23. The maximum atomic E-state index is 13.0. The van der Waals surface area contributed by atoms with Crippen molar-refractivity contribution < 1.29 is 9.59 Å². The molecule has 3 heterocycles. The highest BCUT2D eigenvalue weighted by molar-refractivity contribution is 8.01. The van der Waals surface area contributed by atoms with Crippen molar-refractivity contribution in [2.75, 3.05) is 10.6 Å². The van der Waals surface area contributed by atoms with E-state index in [9.17, 15) is 9.59 Å². The molecule has 37 heavy (non-hydrogen) atoms. The Bertz CT molecular complexity index is 1360. The van der Waals surface area contributed by atoms with Gasteiger partial charge in [-0.05, 0) is 49.2 Å². The van der Waals surface area contributed by atoms with Gasteiger partial charge < -0.3 is 0 Å². The summed E-state index contributed by atoms with van der Waals surface area (Å²) in [5.41, 5.74) is 1.33. The predicted octanol–water partition coefficient (Wildman–Crippen LogP) is 7.39. The Morgan fingerprint density at radius 3 is 2.49 bits per heavy atom. The molecule has 5 rings (SSSR count). The van der Waals surface area contributed by atoms with Crippen LogP contribution in [0.2, 0.25) is 0 Å². The zero-order valence-corrected chi connectivity index (χ0v) is 22.4. The highest BCUT2D eigenvalue weighted by Gasteiger charge is 2.26. The minimum absolute atomic E-state index is 0.00243. The van der Waals surface area contributed by atoms with Gasteiger partial charge in [-0.1, -0.05) is 60.2 Å². The summed E-state index contributed by atoms with van der Waals surface area (Å²) in [6, 6.07) is 18.9. The van der Waals surface area contributed by atoms with Crippen molar-refractivity contribution >= 4 is 57.6 Å². The van der Waals surface area contributed by atoms with Crippen molar-refractivity contribution in [2.24, 2.45) is 5.92 Å². The van der Waals surface area contributed by atoms with Crippen molar-refractivity contribution in [3.63, 3.8) is 0 Å². The predicted molar refractivity (Wildman–Crippen MR) is 150 cm³/mol. The van der Waals surface area contributed by atoms with Crippen molar-refractivity contribution in [1.29, 1.82) is 0 Å². The Morgan fingerprint density at radius 1 is 0.919 bits per heavy atom. The lowest BCUT2D eigenvalue weighted by Gasteiger charge is -2.12. The van der Waals surface area contributed by atoms with Gasteiger partial charge in [-0.2, -0.15) is 0 Å². The molecule has 0 saturated heterocycles. The van der Waals surface area contributed by atoms with Crippen LogP contribution in [-0.4, -0.2) is 26.8 Å². The summed E-state index contributed by atoms with van der Waals surface area (Å²) in [7, 11) is 0. The van der Waals surface area contributed by atoms with E-state index in [-0.39, 0.29) is 17.5 Å². The molecular weight excluding hydrogens is 523 g/mol. The van der Waals surface area contributed by atoms with E-state index in [1.54, 1.807) is 36.3 Å². The maximum absolute atomic E-state index is 13.0. The number of carbonyl (C=O) groups is 2. The van der Waals surface area contributed by atoms with Crippen LogP contribution in [0.5, 0.6) is 0 Å². The molecule has 1 fully saturated rings. The topological polar surface area (TPSA) is 96.9 Å². The monoisotopic (exact) mass is 547 g/mol. The molecule has 2 amide bonds. The van der Waals surface area contributed by atoms with Crippen LogP contribution in [0, 0.1) is 5.92 Å². The lowest BCUT2D eigenvalue weighted by molar-refractivity contribution is 0.0923. The zero-order chi connectivity index (χ0) is 25.5. The number of amides is 2. The fraction of sp³-hybridized carbons (Fsp3) is 0.222. The smallest absolute Gasteiger partial charge is 0.294 e. The number of urea groups is 1. The SMILES string of the molecule is O=C(Nc1nc(CSc2ccccc2)c(Sc2ccccn2)s1)Nc1ncccc1C(=O)C1CCCC1. The van der Waals surface area contributed by atoms with E-state index >= 15 is 0 Å². The molecule has 4 aromatic rings. The number of thiazole rings is 1. The van der Waals surface area contributed by atoms with Gasteiger partial charge in [0.05, 0.1) is 15.5 Å². The molecule has 0 unspecified atom stereocenters. The molecule has 188 valence electrons. The lowest BCUT2D eigenvalue weighted by atomic mass is 9.97. The van der Waals surface area contributed by atoms with Crippen LogP contribution < -0.4 is 10.6 Å². The van der Waals surface area contributed by atoms with Crippen LogP contribution in [0.25, 0.3) is 0 Å². The normalized spacial score (nSPS) is 13.4. The number of hydrogen-bond donors (Lipinski definition) is 2. The van der Waals surface area contributed by atoms with Gasteiger partial charge >= 0.3 is 6.03 Å². The standard InChI is InChI=1S/C27H25N5O2S3/c33-23(18-9-4-5-10-18)20-13-8-16-29-24(20)31-26(34)32-27-30-21(17-35-19-11-2-1-3-12-19)25(37-27)36-22-14-6-7-15-28-22/h1-3,6-8,11-16,18H,4-5,9-10,17H2,(H2,29,30,31,32,34). The van der Waals surface area contributed by atoms with Gasteiger partial charge in [-0.3, -0.25) is 15.4 Å². The third kappa shape index (κ3) is 6.76. The Morgan fingerprint density at radius 2 is 1.70 bits per heavy atom. The molecule has 0 bridgehead atoms. The molecule has 1 saturated carbocycles. The van der Waals surface area contributed by atoms with E-state index in [1.807, 2.05) is 36.4 Å². The molecule has 1 aliphatic carbocycles. The summed E-state index contributed by atoms with van der Waals surface area (Å²) < 4.78 is 0.965. The molecule has 2 N–H and O–H groups in total. The Kier molecular flexibility index (Phi) is 8.49. The van der Waals surface area contributed by atoms with E-state index < -0.39 is 6.03 Å². The summed E-state index contributed by atoms with van der Waals surface area (Å²) in [6.45, 7) is 0. The number of pyridine rings is 2. The number of nitrogens with one attached hydrogen (secondary N) is 2. The molecule has 0 atom stereocenters. The fourth-order valence-corrected chi connectivity index (χ4v) is 7.18. The summed E-state index contributed by atoms with van der Waals surface area (Å²) in [5.74, 6) is 0.975. The number of benzene rings is 1. The first-order valence-corrected chi connectivity index (χ1v) is 14.6. The molecule has 0 radical (unpaired) electrons. The van der Waals surface area contributed by atoms with Gasteiger partial charge in [0.1, 0.15) is 10.8 Å². The minimum Gasteiger partial charge on any atom is -0.294 e. The number of nitrogens with zero attached hydrogens (tertiary/aromatic N) is 3. The first kappa shape index (κ1) is 25.4. The summed E-state index contributed by atoms with van der Waals surface area (Å²) >= 11 is 4.61. The largest absolute Gasteiger partial charge is 0.326 e. The first-order valence-electron chi connectivity index (χ1n) is 12.0. The number of carbonyl (C=O) groups excluding carboxylic acids is 2. The number of Topliss-reactive ketones (excluding diaryl/α,β-unsaturated/α-hetero) is 1. The molecule has 7 nitrogen and oxygen atoms in total. The van der Waals surface area contributed by atoms with E-state index in [4.69, 9.17) is 4.98 Å². The third-order valence-electron chi connectivity index (χ3n) is 5.87. The average molecular weight is 548 g/mol. The van der Waals surface area contributed by atoms with Crippen LogP contribution in [0.1, 0.15) is 41.7 Å². The molecular formula is C27H25N5O2S3. The summed E-state index contributed by atoms with van der Waals surface area (Å²) in [5, 5.41) is 6.92. The van der Waals surface area contributed by atoms with Gasteiger partial charge in [0, 0.05) is 29.0 Å². The van der Waals surface area contributed by atoms with E-state index in [0.717, 1.165) is 45.5 Å². The van der Waals surface area contributed by atoms with E-state index in [1.165, 1.54) is 23.1 Å². The fourth-order valence-electron chi connectivity index (χ4n) is 4.08. The van der Waals surface area contributed by atoms with Crippen molar-refractivity contribution in [3.8, 4) is 0 Å². The molecule has 3 aromatic heterocycles. The molecule has 1 aromatic carbocycles. The van der Waals surface area contributed by atoms with Gasteiger partial charge in [-0.25, -0.2) is 19.7 Å². The van der Waals surface area contributed by atoms with E-state index in [0.29, 0.717) is 16.4 Å². The van der Waals surface area contributed by atoms with Gasteiger partial charge in [0.25, 0.3) is 0 Å². The number of rotatable bonds is 9. The van der Waals surface area contributed by atoms with Crippen LogP contribution in [-0.2, 0) is 5.75 Å². The van der Waals surface area contributed by atoms with E-state index in [2.05, 4.69) is 32.7 Å². The third-order valence-corrected chi connectivity index (χ3v) is 9.07. The Labute approximate surface area is 227 Å². The number of aromatic nitrogens is 3. The molecule has 0 spiro atoms. The quantitative estimate of drug-likeness (QED) is 0.166. The minimum atomic E-state index is -0.482. The van der Waals surface area contributed by atoms with Crippen LogP contribution in [0.3, 0.4) is 0 Å². The van der Waals surface area contributed by atoms with Crippen LogP contribution in [0.15, 0.2) is 87.2 Å². The second-order valence-electron chi connectivity index (χ2n) is 8.45. The van der Waals surface area contributed by atoms with Gasteiger partial charge in [0.15, 0.2) is 10.9 Å². The average Bonchev–Trinajstić information content (AvgIpc) is 3.59. The maximum Gasteiger partial charge on any atom is 0.326 e. The summed E-state index contributed by atoms with van der Waals surface area (Å²) in [4.78, 5) is 40.4. The second kappa shape index (κ2) is 12.4. The van der Waals surface area contributed by atoms with Crippen LogP contribution >= 0.6 is 34.9 Å². The van der Waals surface area contributed by atoms with Crippen molar-refractivity contribution in [2.45, 2.75) is 45.6 Å². The first-order chi connectivity index (χ1) is 18.2. The molecule has 0 aliphatic heterocycles. The Balaban J connectivity index is 1.31. The lowest BCUT2D eigenvalue weighted by Crippen LogP contribution is -2.23. The highest BCUT2D eigenvalue weighted by atomic mass is 32.2. The zero-order valence-electron chi connectivity index (χ0n) is 19.9. The number of thioether (sulfide) groups is 1. The van der Waals surface area contributed by atoms with Crippen molar-refractivity contribution in [3.05, 3.63) is 84.3 Å². The number of hydrogen-bond acceptors (Lipinski definition) is 8. The number of ketones is 1. The number of anilines is 2.